The number of halogens is 1. The van der Waals surface area contributed by atoms with Gasteiger partial charge in [-0.15, -0.1) is 0 Å². The van der Waals surface area contributed by atoms with Crippen molar-refractivity contribution in [1.82, 2.24) is 4.98 Å². The molecule has 1 aliphatic heterocycles. The number of aromatic nitrogens is 1. The Hall–Kier alpha value is -2.12. The van der Waals surface area contributed by atoms with Gasteiger partial charge in [0.1, 0.15) is 0 Å². The van der Waals surface area contributed by atoms with E-state index in [1.165, 1.54) is 6.92 Å². The van der Waals surface area contributed by atoms with Crippen LogP contribution in [0.25, 0.3) is 10.9 Å². The van der Waals surface area contributed by atoms with Gasteiger partial charge in [-0.25, -0.2) is 0 Å². The maximum absolute atomic E-state index is 12.0. The molecule has 1 aromatic carbocycles. The van der Waals surface area contributed by atoms with Crippen molar-refractivity contribution >= 4 is 34.0 Å². The minimum Gasteiger partial charge on any atom is -0.368 e. The maximum atomic E-state index is 12.0. The zero-order chi connectivity index (χ0) is 15.0. The molecule has 1 aromatic heterocycles. The predicted molar refractivity (Wildman–Crippen MR) is 82.7 cm³/mol. The number of benzene rings is 1. The molecule has 1 aliphatic rings. The van der Waals surface area contributed by atoms with E-state index in [9.17, 15) is 4.79 Å². The first-order chi connectivity index (χ1) is 10.1. The minimum atomic E-state index is -0.0418. The largest absolute Gasteiger partial charge is 0.368 e. The highest BCUT2D eigenvalue weighted by Crippen LogP contribution is 2.37. The van der Waals surface area contributed by atoms with Gasteiger partial charge < -0.3 is 4.90 Å². The Morgan fingerprint density at radius 2 is 2.38 bits per heavy atom. The van der Waals surface area contributed by atoms with Crippen molar-refractivity contribution in [3.05, 3.63) is 35.0 Å². The van der Waals surface area contributed by atoms with Crippen molar-refractivity contribution in [1.29, 1.82) is 5.26 Å². The third kappa shape index (κ3) is 2.34. The molecule has 1 unspecified atom stereocenters. The number of Topliss-reactive ketones (excluding diaryl/α,β-unsaturated/α-hetero) is 1. The van der Waals surface area contributed by atoms with Gasteiger partial charge in [-0.2, -0.15) is 5.26 Å². The average molecular weight is 300 g/mol. The summed E-state index contributed by atoms with van der Waals surface area (Å²) in [5, 5.41) is 10.4. The molecule has 1 saturated heterocycles. The lowest BCUT2D eigenvalue weighted by Gasteiger charge is -2.22. The van der Waals surface area contributed by atoms with Crippen molar-refractivity contribution in [2.24, 2.45) is 5.92 Å². The zero-order valence-corrected chi connectivity index (χ0v) is 12.4. The summed E-state index contributed by atoms with van der Waals surface area (Å²) in [6.07, 6.45) is 2.51. The first kappa shape index (κ1) is 13.8. The van der Waals surface area contributed by atoms with Crippen molar-refractivity contribution in [2.75, 3.05) is 18.0 Å². The Morgan fingerprint density at radius 1 is 1.57 bits per heavy atom. The van der Waals surface area contributed by atoms with Crippen LogP contribution >= 0.6 is 11.6 Å². The second-order valence-electron chi connectivity index (χ2n) is 5.27. The topological polar surface area (TPSA) is 57.0 Å². The van der Waals surface area contributed by atoms with Crippen LogP contribution in [-0.4, -0.2) is 23.9 Å². The normalized spacial score (nSPS) is 18.0. The summed E-state index contributed by atoms with van der Waals surface area (Å²) in [5.74, 6) is -0.0425. The molecule has 2 heterocycles. The van der Waals surface area contributed by atoms with Crippen LogP contribution in [0.15, 0.2) is 24.4 Å². The van der Waals surface area contributed by atoms with E-state index in [0.717, 1.165) is 29.6 Å². The Kier molecular flexibility index (Phi) is 3.52. The van der Waals surface area contributed by atoms with Crippen molar-refractivity contribution in [3.63, 3.8) is 0 Å². The average Bonchev–Trinajstić information content (AvgIpc) is 2.95. The van der Waals surface area contributed by atoms with Gasteiger partial charge in [0.2, 0.25) is 0 Å². The van der Waals surface area contributed by atoms with Gasteiger partial charge in [-0.05, 0) is 31.5 Å². The molecule has 0 amide bonds. The lowest BCUT2D eigenvalue weighted by Crippen LogP contribution is -2.22. The molecular formula is C16H14ClN3O. The fraction of sp³-hybridized carbons (Fsp3) is 0.312. The molecular weight excluding hydrogens is 286 g/mol. The van der Waals surface area contributed by atoms with Gasteiger partial charge >= 0.3 is 0 Å². The van der Waals surface area contributed by atoms with E-state index in [-0.39, 0.29) is 11.7 Å². The van der Waals surface area contributed by atoms with Crippen LogP contribution in [0.2, 0.25) is 5.02 Å². The number of hydrogen-bond acceptors (Lipinski definition) is 4. The van der Waals surface area contributed by atoms with Gasteiger partial charge in [0.25, 0.3) is 0 Å². The van der Waals surface area contributed by atoms with Crippen molar-refractivity contribution in [3.8, 4) is 6.07 Å². The van der Waals surface area contributed by atoms with Crippen LogP contribution in [0.3, 0.4) is 0 Å². The summed E-state index contributed by atoms with van der Waals surface area (Å²) in [4.78, 5) is 18.5. The Labute approximate surface area is 127 Å². The van der Waals surface area contributed by atoms with E-state index in [1.807, 2.05) is 12.1 Å². The van der Waals surface area contributed by atoms with E-state index in [1.54, 1.807) is 12.3 Å². The first-order valence-electron chi connectivity index (χ1n) is 6.84. The van der Waals surface area contributed by atoms with Gasteiger partial charge in [-0.1, -0.05) is 11.6 Å². The molecule has 0 saturated carbocycles. The number of rotatable bonds is 2. The highest BCUT2D eigenvalue weighted by atomic mass is 35.5. The second-order valence-corrected chi connectivity index (χ2v) is 5.68. The number of pyridine rings is 1. The van der Waals surface area contributed by atoms with Crippen LogP contribution in [0.4, 0.5) is 5.69 Å². The van der Waals surface area contributed by atoms with Crippen LogP contribution in [0.5, 0.6) is 0 Å². The molecule has 21 heavy (non-hydrogen) atoms. The SMILES string of the molecule is CC(=O)c1cc(Cl)c2cccnc2c1N1CCC(C#N)C1. The molecule has 0 bridgehead atoms. The van der Waals surface area contributed by atoms with E-state index in [0.29, 0.717) is 17.1 Å². The molecule has 4 nitrogen and oxygen atoms in total. The van der Waals surface area contributed by atoms with Crippen LogP contribution in [0, 0.1) is 17.2 Å². The number of carbonyl (C=O) groups is 1. The number of anilines is 1. The Balaban J connectivity index is 2.24. The molecule has 1 atom stereocenters. The maximum Gasteiger partial charge on any atom is 0.162 e. The lowest BCUT2D eigenvalue weighted by atomic mass is 10.0. The number of nitriles is 1. The Morgan fingerprint density at radius 3 is 3.05 bits per heavy atom. The van der Waals surface area contributed by atoms with Gasteiger partial charge in [0, 0.05) is 30.2 Å². The summed E-state index contributed by atoms with van der Waals surface area (Å²) in [6, 6.07) is 7.74. The molecule has 5 heteroatoms. The molecule has 3 rings (SSSR count). The monoisotopic (exact) mass is 299 g/mol. The highest BCUT2D eigenvalue weighted by molar-refractivity contribution is 6.36. The van der Waals surface area contributed by atoms with E-state index in [4.69, 9.17) is 16.9 Å². The molecule has 0 spiro atoms. The molecule has 1 fully saturated rings. The van der Waals surface area contributed by atoms with Gasteiger partial charge in [-0.3, -0.25) is 9.78 Å². The highest BCUT2D eigenvalue weighted by Gasteiger charge is 2.27. The summed E-state index contributed by atoms with van der Waals surface area (Å²) in [5.41, 5.74) is 2.11. The summed E-state index contributed by atoms with van der Waals surface area (Å²) < 4.78 is 0. The van der Waals surface area contributed by atoms with Crippen molar-refractivity contribution in [2.45, 2.75) is 13.3 Å². The fourth-order valence-electron chi connectivity index (χ4n) is 2.84. The van der Waals surface area contributed by atoms with Gasteiger partial charge in [0.15, 0.2) is 5.78 Å². The minimum absolute atomic E-state index is 0.000696. The number of hydrogen-bond donors (Lipinski definition) is 0. The number of ketones is 1. The van der Waals surface area contributed by atoms with E-state index < -0.39 is 0 Å². The predicted octanol–water partition coefficient (Wildman–Crippen LogP) is 3.44. The molecule has 0 N–H and O–H groups in total. The fourth-order valence-corrected chi connectivity index (χ4v) is 3.11. The standard InChI is InChI=1S/C16H14ClN3O/c1-10(21)13-7-14(17)12-3-2-5-19-15(12)16(13)20-6-4-11(8-18)9-20/h2-3,5,7,11H,4,6,9H2,1H3. The number of fused-ring (bicyclic) bond motifs is 1. The number of nitrogens with zero attached hydrogens (tertiary/aromatic N) is 3. The first-order valence-corrected chi connectivity index (χ1v) is 7.22. The molecule has 2 aromatic rings. The van der Waals surface area contributed by atoms with Gasteiger partial charge in [0.05, 0.1) is 28.2 Å². The second kappa shape index (κ2) is 5.34. The van der Waals surface area contributed by atoms with Crippen LogP contribution < -0.4 is 4.90 Å². The summed E-state index contributed by atoms with van der Waals surface area (Å²) in [6.45, 7) is 2.91. The quantitative estimate of drug-likeness (QED) is 0.797. The van der Waals surface area contributed by atoms with E-state index >= 15 is 0 Å². The molecule has 0 aliphatic carbocycles. The third-order valence-corrected chi connectivity index (χ3v) is 4.19. The third-order valence-electron chi connectivity index (χ3n) is 3.88. The smallest absolute Gasteiger partial charge is 0.162 e. The number of carbonyl (C=O) groups excluding carboxylic acids is 1. The molecule has 106 valence electrons. The molecule has 0 radical (unpaired) electrons. The zero-order valence-electron chi connectivity index (χ0n) is 11.6. The van der Waals surface area contributed by atoms with Crippen LogP contribution in [0.1, 0.15) is 23.7 Å². The lowest BCUT2D eigenvalue weighted by molar-refractivity contribution is 0.101. The summed E-state index contributed by atoms with van der Waals surface area (Å²) >= 11 is 6.28. The van der Waals surface area contributed by atoms with Crippen molar-refractivity contribution < 1.29 is 4.79 Å². The van der Waals surface area contributed by atoms with E-state index in [2.05, 4.69) is 16.0 Å². The van der Waals surface area contributed by atoms with Crippen LogP contribution in [-0.2, 0) is 0 Å². The Bertz CT molecular complexity index is 766. The summed E-state index contributed by atoms with van der Waals surface area (Å²) in [7, 11) is 0.